The van der Waals surface area contributed by atoms with Gasteiger partial charge in [0.1, 0.15) is 0 Å². The van der Waals surface area contributed by atoms with E-state index in [0.717, 1.165) is 0 Å². The maximum atomic E-state index is 11.6. The first-order valence-corrected chi connectivity index (χ1v) is 3.71. The highest BCUT2D eigenvalue weighted by Crippen LogP contribution is 2.28. The minimum atomic E-state index is -5.74. The summed E-state index contributed by atoms with van der Waals surface area (Å²) in [6, 6.07) is 0. The van der Waals surface area contributed by atoms with Crippen LogP contribution in [0.25, 0.3) is 10.3 Å². The van der Waals surface area contributed by atoms with E-state index in [-0.39, 0.29) is 0 Å². The average molecular weight is 197 g/mol. The van der Waals surface area contributed by atoms with E-state index in [0.29, 0.717) is 5.87 Å². The van der Waals surface area contributed by atoms with Gasteiger partial charge in [-0.15, -0.1) is 0 Å². The molecule has 0 aliphatic rings. The number of sulfone groups is 1. The fraction of sp³-hybridized carbons (Fsp3) is 0.250. The molecule has 0 aliphatic heterocycles. The first-order valence-electron chi connectivity index (χ1n) is 2.23. The van der Waals surface area contributed by atoms with Gasteiger partial charge in [0, 0.05) is 0 Å². The largest absolute Gasteiger partial charge is 0.775 e. The van der Waals surface area contributed by atoms with Crippen molar-refractivity contribution in [3.8, 4) is 0 Å². The van der Waals surface area contributed by atoms with Crippen LogP contribution in [0.15, 0.2) is 5.03 Å². The molecular weight excluding hydrogens is 197 g/mol. The summed E-state index contributed by atoms with van der Waals surface area (Å²) in [6.45, 7) is 5.98. The third-order valence-corrected chi connectivity index (χ3v) is 2.06. The standard InChI is InChI=1S/C4F3N2O2S/c1-9-3(2-8)12(10,11)4(5,6)7/q-1. The van der Waals surface area contributed by atoms with Crippen LogP contribution < -0.4 is 0 Å². The Hall–Kier alpha value is -1.32. The van der Waals surface area contributed by atoms with Crippen LogP contribution in [0.2, 0.25) is 0 Å². The highest BCUT2D eigenvalue weighted by atomic mass is 32.2. The van der Waals surface area contributed by atoms with Crippen molar-refractivity contribution in [3.63, 3.8) is 0 Å². The second-order valence-corrected chi connectivity index (χ2v) is 3.33. The van der Waals surface area contributed by atoms with Crippen LogP contribution in [0, 0.1) is 6.57 Å². The van der Waals surface area contributed by atoms with Crippen LogP contribution in [0.5, 0.6) is 0 Å². The molecule has 0 aromatic carbocycles. The fourth-order valence-corrected chi connectivity index (χ4v) is 0.714. The molecule has 0 spiro atoms. The summed E-state index contributed by atoms with van der Waals surface area (Å²) in [7, 11) is -5.74. The lowest BCUT2D eigenvalue weighted by Gasteiger charge is -2.04. The van der Waals surface area contributed by atoms with Crippen molar-refractivity contribution in [3.05, 3.63) is 21.9 Å². The SMILES string of the molecule is [C-]#[N+]C(=C=[N-])S(=O)(=O)C(F)(F)F. The van der Waals surface area contributed by atoms with Gasteiger partial charge in [-0.1, -0.05) is 0 Å². The van der Waals surface area contributed by atoms with Gasteiger partial charge in [-0.3, -0.25) is 5.87 Å². The molecule has 0 bridgehead atoms. The van der Waals surface area contributed by atoms with E-state index in [2.05, 4.69) is 0 Å². The van der Waals surface area contributed by atoms with Gasteiger partial charge in [0.05, 0.1) is 6.57 Å². The molecule has 0 N–H and O–H groups in total. The van der Waals surface area contributed by atoms with E-state index in [1.165, 1.54) is 0 Å². The second-order valence-electron chi connectivity index (χ2n) is 1.48. The summed E-state index contributed by atoms with van der Waals surface area (Å²) >= 11 is 0. The van der Waals surface area contributed by atoms with Crippen molar-refractivity contribution >= 4 is 15.7 Å². The van der Waals surface area contributed by atoms with E-state index in [1.807, 2.05) is 4.85 Å². The summed E-state index contributed by atoms with van der Waals surface area (Å²) in [5.41, 5.74) is -5.58. The third kappa shape index (κ3) is 1.64. The van der Waals surface area contributed by atoms with Gasteiger partial charge in [-0.2, -0.15) is 13.2 Å². The maximum absolute atomic E-state index is 11.6. The van der Waals surface area contributed by atoms with E-state index in [1.54, 1.807) is 0 Å². The smallest absolute Gasteiger partial charge is 0.493 e. The van der Waals surface area contributed by atoms with Crippen LogP contribution in [0.1, 0.15) is 0 Å². The first kappa shape index (κ1) is 10.7. The molecule has 8 heteroatoms. The van der Waals surface area contributed by atoms with Gasteiger partial charge in [-0.05, 0) is 0 Å². The summed E-state index contributed by atoms with van der Waals surface area (Å²) in [4.78, 5) is 1.94. The van der Waals surface area contributed by atoms with Crippen molar-refractivity contribution < 1.29 is 21.6 Å². The van der Waals surface area contributed by atoms with Crippen molar-refractivity contribution in [2.24, 2.45) is 0 Å². The average Bonchev–Trinajstić information content (AvgIpc) is 1.87. The molecule has 4 nitrogen and oxygen atoms in total. The van der Waals surface area contributed by atoms with Crippen LogP contribution in [0.4, 0.5) is 13.2 Å². The minimum Gasteiger partial charge on any atom is -0.775 e. The lowest BCUT2D eigenvalue weighted by Crippen LogP contribution is -2.23. The van der Waals surface area contributed by atoms with Gasteiger partial charge < -0.3 is 5.41 Å². The molecular formula is C4F3N2O2S-. The Morgan fingerprint density at radius 3 is 2.00 bits per heavy atom. The lowest BCUT2D eigenvalue weighted by molar-refractivity contribution is -0.0425. The molecule has 0 amide bonds. The van der Waals surface area contributed by atoms with Crippen molar-refractivity contribution in [1.82, 2.24) is 0 Å². The predicted octanol–water partition coefficient (Wildman–Crippen LogP) is 0.921. The molecule has 0 aromatic heterocycles. The topological polar surface area (TPSA) is 60.8 Å². The van der Waals surface area contributed by atoms with E-state index in [9.17, 15) is 21.6 Å². The highest BCUT2D eigenvalue weighted by Gasteiger charge is 2.48. The van der Waals surface area contributed by atoms with Crippen LogP contribution in [0.3, 0.4) is 0 Å². The minimum absolute atomic E-state index is 0.653. The van der Waals surface area contributed by atoms with Gasteiger partial charge in [0.25, 0.3) is 9.84 Å². The summed E-state index contributed by atoms with van der Waals surface area (Å²) in [5.74, 6) is 0.653. The molecule has 0 aromatic rings. The molecule has 0 unspecified atom stereocenters. The van der Waals surface area contributed by atoms with E-state index < -0.39 is 20.4 Å². The zero-order chi connectivity index (χ0) is 9.99. The number of hydrogen-bond acceptors (Lipinski definition) is 2. The van der Waals surface area contributed by atoms with E-state index >= 15 is 0 Å². The summed E-state index contributed by atoms with van der Waals surface area (Å²) in [5, 5.41) is 5.98. The zero-order valence-corrected chi connectivity index (χ0v) is 6.07. The normalized spacial score (nSPS) is 11.5. The molecule has 0 aliphatic carbocycles. The van der Waals surface area contributed by atoms with Gasteiger partial charge in [0.2, 0.25) is 0 Å². The molecule has 0 atom stereocenters. The first-order chi connectivity index (χ1) is 5.27. The second kappa shape index (κ2) is 2.97. The third-order valence-electron chi connectivity index (χ3n) is 0.756. The maximum Gasteiger partial charge on any atom is 0.493 e. The number of halogens is 3. The van der Waals surface area contributed by atoms with E-state index in [4.69, 9.17) is 12.0 Å². The highest BCUT2D eigenvalue weighted by molar-refractivity contribution is 7.96. The zero-order valence-electron chi connectivity index (χ0n) is 5.25. The van der Waals surface area contributed by atoms with Gasteiger partial charge in [-0.25, -0.2) is 13.3 Å². The fourth-order valence-electron chi connectivity index (χ4n) is 0.255. The summed E-state index contributed by atoms with van der Waals surface area (Å²) < 4.78 is 55.1. The molecule has 0 heterocycles. The molecule has 0 fully saturated rings. The number of nitrogens with zero attached hydrogens (tertiary/aromatic N) is 2. The molecule has 0 saturated carbocycles. The van der Waals surface area contributed by atoms with Crippen molar-refractivity contribution in [2.75, 3.05) is 0 Å². The quantitative estimate of drug-likeness (QED) is 0.463. The molecule has 0 rings (SSSR count). The molecule has 12 heavy (non-hydrogen) atoms. The predicted molar refractivity (Wildman–Crippen MR) is 33.5 cm³/mol. The monoisotopic (exact) mass is 197 g/mol. The number of alkyl halides is 3. The Kier molecular flexibility index (Phi) is 2.64. The molecule has 66 valence electrons. The Labute approximate surface area is 65.6 Å². The molecule has 0 saturated heterocycles. The van der Waals surface area contributed by atoms with Crippen molar-refractivity contribution in [2.45, 2.75) is 5.51 Å². The van der Waals surface area contributed by atoms with Crippen LogP contribution >= 0.6 is 0 Å². The van der Waals surface area contributed by atoms with Gasteiger partial charge >= 0.3 is 10.5 Å². The van der Waals surface area contributed by atoms with Crippen molar-refractivity contribution in [1.29, 1.82) is 0 Å². The van der Waals surface area contributed by atoms with Crippen LogP contribution in [-0.2, 0) is 9.84 Å². The van der Waals surface area contributed by atoms with Gasteiger partial charge in [0.15, 0.2) is 0 Å². The summed E-state index contributed by atoms with van der Waals surface area (Å²) in [6.07, 6.45) is 0. The number of rotatable bonds is 1. The molecule has 0 radical (unpaired) electrons. The Morgan fingerprint density at radius 1 is 1.50 bits per heavy atom. The Balaban J connectivity index is 5.50. The van der Waals surface area contributed by atoms with Crippen LogP contribution in [-0.4, -0.2) is 19.8 Å². The Morgan fingerprint density at radius 2 is 1.92 bits per heavy atom. The Bertz CT molecular complexity index is 368. The number of hydrogen-bond donors (Lipinski definition) is 0. The lowest BCUT2D eigenvalue weighted by atomic mass is 11.0.